The van der Waals surface area contributed by atoms with E-state index in [2.05, 4.69) is 6.13 Å². The summed E-state index contributed by atoms with van der Waals surface area (Å²) in [6.45, 7) is 1.04. The molecule has 0 fully saturated rings. The molecule has 1 rings (SSSR count). The van der Waals surface area contributed by atoms with Gasteiger partial charge in [0, 0.05) is 0 Å². The van der Waals surface area contributed by atoms with Gasteiger partial charge in [0.1, 0.15) is 0 Å². The van der Waals surface area contributed by atoms with Gasteiger partial charge in [0.2, 0.25) is 0 Å². The molecule has 0 bridgehead atoms. The van der Waals surface area contributed by atoms with E-state index in [0.29, 0.717) is 0 Å². The molecule has 1 aromatic rings. The molecule has 18 heavy (non-hydrogen) atoms. The molecule has 0 radical (unpaired) electrons. The first-order chi connectivity index (χ1) is 8.30. The number of rotatable bonds is 3. The van der Waals surface area contributed by atoms with Gasteiger partial charge in [0.15, 0.2) is 0 Å². The molecule has 0 atom stereocenters. The molecule has 0 N–H and O–H groups in total. The summed E-state index contributed by atoms with van der Waals surface area (Å²) in [5.41, 5.74) is 0. The number of alkyl halides is 3. The van der Waals surface area contributed by atoms with E-state index in [9.17, 15) is 22.8 Å². The molecule has 4 nitrogen and oxygen atoms in total. The Kier molecular flexibility index (Phi) is 4.93. The molecule has 8 heteroatoms. The number of carbonyl (C=O) groups is 2. The van der Waals surface area contributed by atoms with Crippen LogP contribution in [0.2, 0.25) is 0 Å². The molecule has 0 spiro atoms. The van der Waals surface area contributed by atoms with Crippen LogP contribution in [-0.2, 0) is 15.7 Å². The normalized spacial score (nSPS) is 11.7. The Morgan fingerprint density at radius 3 is 2.11 bits per heavy atom. The van der Waals surface area contributed by atoms with Crippen LogP contribution in [-0.4, -0.2) is 18.1 Å². The van der Waals surface area contributed by atoms with Gasteiger partial charge in [-0.1, -0.05) is 0 Å². The van der Waals surface area contributed by atoms with Crippen molar-refractivity contribution in [2.45, 2.75) is 13.1 Å². The summed E-state index contributed by atoms with van der Waals surface area (Å²) in [4.78, 5) is 21.5. The molecule has 1 aromatic carbocycles. The Morgan fingerprint density at radius 2 is 1.67 bits per heavy atom. The fraction of sp³-hybridized carbons (Fsp3) is 0.200. The third-order valence-corrected chi connectivity index (χ3v) is 5.02. The third kappa shape index (κ3) is 4.51. The Balaban J connectivity index is 2.87. The summed E-state index contributed by atoms with van der Waals surface area (Å²) in [6.07, 6.45) is -5.11. The van der Waals surface area contributed by atoms with Gasteiger partial charge in [-0.3, -0.25) is 0 Å². The van der Waals surface area contributed by atoms with Crippen molar-refractivity contribution in [3.63, 3.8) is 0 Å². The van der Waals surface area contributed by atoms with Crippen molar-refractivity contribution in [2.75, 3.05) is 0 Å². The van der Waals surface area contributed by atoms with E-state index in [1.54, 1.807) is 18.2 Å². The molecule has 0 unspecified atom stereocenters. The SMILES string of the molecule is CC(=O)OI(OC(=O)C(F)(F)F)c1ccccc1. The van der Waals surface area contributed by atoms with Crippen LogP contribution in [0.1, 0.15) is 6.92 Å². The van der Waals surface area contributed by atoms with Gasteiger partial charge in [0.05, 0.1) is 0 Å². The Morgan fingerprint density at radius 1 is 1.11 bits per heavy atom. The number of halogens is 4. The molecule has 0 aromatic heterocycles. The Labute approximate surface area is 109 Å². The van der Waals surface area contributed by atoms with Gasteiger partial charge in [-0.2, -0.15) is 0 Å². The summed E-state index contributed by atoms with van der Waals surface area (Å²) in [5, 5.41) is 0. The summed E-state index contributed by atoms with van der Waals surface area (Å²) in [7, 11) is 0. The van der Waals surface area contributed by atoms with Crippen LogP contribution in [0, 0.1) is 3.57 Å². The van der Waals surface area contributed by atoms with Crippen LogP contribution in [0.25, 0.3) is 0 Å². The zero-order valence-corrected chi connectivity index (χ0v) is 11.2. The number of hydrogen-bond donors (Lipinski definition) is 0. The molecular formula is C10H8F3IO4. The number of hydrogen-bond acceptors (Lipinski definition) is 4. The molecule has 0 saturated carbocycles. The first-order valence-corrected chi connectivity index (χ1v) is 7.38. The van der Waals surface area contributed by atoms with Gasteiger partial charge in [-0.25, -0.2) is 0 Å². The van der Waals surface area contributed by atoms with Gasteiger partial charge < -0.3 is 0 Å². The molecule has 0 aliphatic heterocycles. The Hall–Kier alpha value is -1.32. The van der Waals surface area contributed by atoms with Crippen LogP contribution in [0.3, 0.4) is 0 Å². The molecule has 0 saturated heterocycles. The first kappa shape index (κ1) is 14.7. The van der Waals surface area contributed by atoms with E-state index >= 15 is 0 Å². The number of benzene rings is 1. The van der Waals surface area contributed by atoms with Crippen LogP contribution < -0.4 is 0 Å². The topological polar surface area (TPSA) is 52.6 Å². The molecule has 100 valence electrons. The average molecular weight is 376 g/mol. The summed E-state index contributed by atoms with van der Waals surface area (Å²) in [6, 6.07) is 7.61. The van der Waals surface area contributed by atoms with Crippen molar-refractivity contribution in [1.29, 1.82) is 0 Å². The summed E-state index contributed by atoms with van der Waals surface area (Å²) >= 11 is -3.42. The van der Waals surface area contributed by atoms with Crippen molar-refractivity contribution in [1.82, 2.24) is 0 Å². The second kappa shape index (κ2) is 6.03. The fourth-order valence-corrected chi connectivity index (χ4v) is 3.61. The number of carbonyl (C=O) groups excluding carboxylic acids is 2. The van der Waals surface area contributed by atoms with E-state index in [0.717, 1.165) is 6.92 Å². The van der Waals surface area contributed by atoms with E-state index in [-0.39, 0.29) is 3.57 Å². The van der Waals surface area contributed by atoms with Crippen LogP contribution in [0.4, 0.5) is 13.2 Å². The molecule has 0 aliphatic rings. The van der Waals surface area contributed by atoms with Gasteiger partial charge in [0.25, 0.3) is 0 Å². The predicted octanol–water partition coefficient (Wildman–Crippen LogP) is 2.86. The quantitative estimate of drug-likeness (QED) is 0.762. The zero-order valence-electron chi connectivity index (χ0n) is 9.03. The summed E-state index contributed by atoms with van der Waals surface area (Å²) in [5.74, 6) is -3.14. The van der Waals surface area contributed by atoms with E-state index < -0.39 is 38.8 Å². The first-order valence-electron chi connectivity index (χ1n) is 4.54. The predicted molar refractivity (Wildman–Crippen MR) is 63.1 cm³/mol. The standard InChI is InChI=1S/C10H8F3IO4/c1-7(15)17-14(8-5-3-2-4-6-8)18-9(16)10(11,12)13/h2-6H,1H3. The van der Waals surface area contributed by atoms with Crippen molar-refractivity contribution in [2.24, 2.45) is 0 Å². The second-order valence-electron chi connectivity index (χ2n) is 2.94. The van der Waals surface area contributed by atoms with Crippen molar-refractivity contribution >= 4 is 32.6 Å². The van der Waals surface area contributed by atoms with Crippen LogP contribution in [0.5, 0.6) is 0 Å². The van der Waals surface area contributed by atoms with E-state index in [1.807, 2.05) is 0 Å². The molecule has 0 heterocycles. The van der Waals surface area contributed by atoms with Crippen molar-refractivity contribution in [3.05, 3.63) is 33.9 Å². The van der Waals surface area contributed by atoms with Crippen molar-refractivity contribution in [3.8, 4) is 0 Å². The maximum absolute atomic E-state index is 12.1. The summed E-state index contributed by atoms with van der Waals surface area (Å²) < 4.78 is 45.4. The minimum absolute atomic E-state index is 0.287. The third-order valence-electron chi connectivity index (χ3n) is 1.46. The van der Waals surface area contributed by atoms with Gasteiger partial charge in [-0.05, 0) is 0 Å². The molecule has 0 aliphatic carbocycles. The van der Waals surface area contributed by atoms with E-state index in [1.165, 1.54) is 12.1 Å². The van der Waals surface area contributed by atoms with Gasteiger partial charge in [-0.15, -0.1) is 0 Å². The van der Waals surface area contributed by atoms with Gasteiger partial charge >= 0.3 is 108 Å². The van der Waals surface area contributed by atoms with Crippen LogP contribution in [0.15, 0.2) is 30.3 Å². The monoisotopic (exact) mass is 376 g/mol. The second-order valence-corrected chi connectivity index (χ2v) is 6.31. The molecular weight excluding hydrogens is 368 g/mol. The fourth-order valence-electron chi connectivity index (χ4n) is 0.828. The van der Waals surface area contributed by atoms with Crippen LogP contribution >= 0.6 is 20.6 Å². The zero-order chi connectivity index (χ0) is 13.8. The average Bonchev–Trinajstić information content (AvgIpc) is 2.27. The minimum atomic E-state index is -5.11. The molecule has 0 amide bonds. The maximum atomic E-state index is 12.1. The van der Waals surface area contributed by atoms with E-state index in [4.69, 9.17) is 0 Å². The van der Waals surface area contributed by atoms with Crippen molar-refractivity contribution < 1.29 is 28.9 Å². The Bertz CT molecular complexity index is 432.